The van der Waals surface area contributed by atoms with E-state index >= 15 is 0 Å². The van der Waals surface area contributed by atoms with E-state index in [1.165, 1.54) is 12.2 Å². The number of hydrogen-bond donors (Lipinski definition) is 1. The lowest BCUT2D eigenvalue weighted by Gasteiger charge is -2.03. The molecule has 0 saturated heterocycles. The number of aryl methyl sites for hydroxylation is 1. The van der Waals surface area contributed by atoms with E-state index in [0.29, 0.717) is 28.0 Å². The number of esters is 1. The van der Waals surface area contributed by atoms with E-state index in [4.69, 9.17) is 28.9 Å². The number of carbonyl (C=O) groups is 2. The molecule has 0 aliphatic rings. The number of amides is 1. The molecular formula is C16H15Cl2N3O3. The van der Waals surface area contributed by atoms with Crippen LogP contribution in [0.2, 0.25) is 10.2 Å². The van der Waals surface area contributed by atoms with Gasteiger partial charge in [0.15, 0.2) is 6.61 Å². The molecule has 0 aliphatic carbocycles. The monoisotopic (exact) mass is 367 g/mol. The van der Waals surface area contributed by atoms with Gasteiger partial charge in [0.05, 0.1) is 12.2 Å². The molecule has 0 atom stereocenters. The van der Waals surface area contributed by atoms with Crippen LogP contribution in [-0.4, -0.2) is 28.3 Å². The molecule has 0 unspecified atom stereocenters. The van der Waals surface area contributed by atoms with Crippen molar-refractivity contribution in [3.63, 3.8) is 0 Å². The second-order valence-corrected chi connectivity index (χ2v) is 5.78. The number of benzene rings is 1. The van der Waals surface area contributed by atoms with E-state index in [1.807, 2.05) is 12.1 Å². The van der Waals surface area contributed by atoms with Gasteiger partial charge < -0.3 is 10.5 Å². The quantitative estimate of drug-likeness (QED) is 0.627. The van der Waals surface area contributed by atoms with Gasteiger partial charge in [-0.1, -0.05) is 35.3 Å². The highest BCUT2D eigenvalue weighted by Crippen LogP contribution is 2.22. The molecule has 126 valence electrons. The number of nitrogens with zero attached hydrogens (tertiary/aromatic N) is 2. The molecule has 0 fully saturated rings. The predicted molar refractivity (Wildman–Crippen MR) is 91.7 cm³/mol. The summed E-state index contributed by atoms with van der Waals surface area (Å²) in [6, 6.07) is 7.34. The molecule has 0 radical (unpaired) electrons. The van der Waals surface area contributed by atoms with Crippen LogP contribution in [0.4, 0.5) is 0 Å². The number of hydrogen-bond acceptors (Lipinski definition) is 4. The lowest BCUT2D eigenvalue weighted by molar-refractivity contribution is -0.142. The summed E-state index contributed by atoms with van der Waals surface area (Å²) in [5.74, 6) is -1.41. The Morgan fingerprint density at radius 2 is 1.96 bits per heavy atom. The third-order valence-electron chi connectivity index (χ3n) is 3.10. The molecule has 1 aromatic heterocycles. The third-order valence-corrected chi connectivity index (χ3v) is 3.75. The van der Waals surface area contributed by atoms with Gasteiger partial charge in [-0.2, -0.15) is 5.10 Å². The first-order chi connectivity index (χ1) is 11.4. The molecule has 1 aromatic carbocycles. The summed E-state index contributed by atoms with van der Waals surface area (Å²) < 4.78 is 6.26. The Morgan fingerprint density at radius 1 is 1.29 bits per heavy atom. The molecule has 2 aromatic rings. The predicted octanol–water partition coefficient (Wildman–Crippen LogP) is 2.59. The molecule has 0 spiro atoms. The summed E-state index contributed by atoms with van der Waals surface area (Å²) in [4.78, 5) is 22.0. The maximum Gasteiger partial charge on any atom is 0.331 e. The van der Waals surface area contributed by atoms with Crippen LogP contribution in [0.1, 0.15) is 16.8 Å². The number of aromatic nitrogens is 2. The molecule has 0 aliphatic heterocycles. The fourth-order valence-electron chi connectivity index (χ4n) is 1.97. The number of carbonyl (C=O) groups excluding carboxylic acids is 2. The molecule has 24 heavy (non-hydrogen) atoms. The maximum atomic E-state index is 11.5. The van der Waals surface area contributed by atoms with Crippen molar-refractivity contribution >= 4 is 41.2 Å². The summed E-state index contributed by atoms with van der Waals surface area (Å²) in [6.45, 7) is 1.78. The van der Waals surface area contributed by atoms with Crippen LogP contribution < -0.4 is 5.73 Å². The zero-order valence-electron chi connectivity index (χ0n) is 12.8. The van der Waals surface area contributed by atoms with Crippen LogP contribution in [0.25, 0.3) is 6.08 Å². The van der Waals surface area contributed by atoms with Crippen molar-refractivity contribution in [2.45, 2.75) is 13.5 Å². The summed E-state index contributed by atoms with van der Waals surface area (Å²) in [5.41, 5.74) is 7.14. The first-order valence-corrected chi connectivity index (χ1v) is 7.73. The Hall–Kier alpha value is -2.31. The molecular weight excluding hydrogens is 353 g/mol. The van der Waals surface area contributed by atoms with Crippen molar-refractivity contribution in [2.75, 3.05) is 6.61 Å². The van der Waals surface area contributed by atoms with Crippen molar-refractivity contribution in [2.24, 2.45) is 5.73 Å². The van der Waals surface area contributed by atoms with E-state index in [-0.39, 0.29) is 0 Å². The van der Waals surface area contributed by atoms with Gasteiger partial charge in [-0.3, -0.25) is 4.79 Å². The molecule has 8 heteroatoms. The van der Waals surface area contributed by atoms with Crippen molar-refractivity contribution in [3.05, 3.63) is 57.3 Å². The van der Waals surface area contributed by atoms with Gasteiger partial charge in [0.2, 0.25) is 0 Å². The molecule has 0 bridgehead atoms. The van der Waals surface area contributed by atoms with Gasteiger partial charge in [-0.15, -0.1) is 0 Å². The van der Waals surface area contributed by atoms with Crippen LogP contribution in [0.5, 0.6) is 0 Å². The minimum Gasteiger partial charge on any atom is -0.452 e. The van der Waals surface area contributed by atoms with Crippen LogP contribution in [0.3, 0.4) is 0 Å². The Labute approximate surface area is 148 Å². The summed E-state index contributed by atoms with van der Waals surface area (Å²) in [6.07, 6.45) is 2.66. The number of rotatable bonds is 6. The van der Waals surface area contributed by atoms with Crippen LogP contribution >= 0.6 is 23.2 Å². The molecule has 1 heterocycles. The summed E-state index contributed by atoms with van der Waals surface area (Å²) >= 11 is 12.2. The number of primary amides is 1. The molecule has 2 N–H and O–H groups in total. The minimum atomic E-state index is -0.721. The van der Waals surface area contributed by atoms with Gasteiger partial charge in [0.1, 0.15) is 5.15 Å². The molecule has 1 amide bonds. The Bertz CT molecular complexity index is 783. The normalized spacial score (nSPS) is 11.0. The van der Waals surface area contributed by atoms with E-state index in [9.17, 15) is 9.59 Å². The highest BCUT2D eigenvalue weighted by Gasteiger charge is 2.12. The van der Waals surface area contributed by atoms with Gasteiger partial charge in [-0.05, 0) is 30.7 Å². The van der Waals surface area contributed by atoms with Gasteiger partial charge >= 0.3 is 5.97 Å². The van der Waals surface area contributed by atoms with Crippen molar-refractivity contribution in [1.29, 1.82) is 0 Å². The smallest absolute Gasteiger partial charge is 0.331 e. The number of nitrogens with two attached hydrogens (primary N) is 1. The second-order valence-electron chi connectivity index (χ2n) is 4.98. The van der Waals surface area contributed by atoms with E-state index in [2.05, 4.69) is 9.84 Å². The fraction of sp³-hybridized carbons (Fsp3) is 0.188. The zero-order valence-corrected chi connectivity index (χ0v) is 14.3. The maximum absolute atomic E-state index is 11.5. The number of ether oxygens (including phenoxy) is 1. The van der Waals surface area contributed by atoms with Crippen molar-refractivity contribution < 1.29 is 14.3 Å². The number of halogens is 2. The first kappa shape index (κ1) is 18.0. The second kappa shape index (κ2) is 7.99. The van der Waals surface area contributed by atoms with Gasteiger partial charge in [0, 0.05) is 16.7 Å². The molecule has 6 nitrogen and oxygen atoms in total. The highest BCUT2D eigenvalue weighted by molar-refractivity contribution is 6.31. The van der Waals surface area contributed by atoms with E-state index in [1.54, 1.807) is 23.7 Å². The Balaban J connectivity index is 2.12. The highest BCUT2D eigenvalue weighted by atomic mass is 35.5. The van der Waals surface area contributed by atoms with Crippen LogP contribution in [0.15, 0.2) is 30.3 Å². The van der Waals surface area contributed by atoms with Crippen molar-refractivity contribution in [3.8, 4) is 0 Å². The Kier molecular flexibility index (Phi) is 6.00. The van der Waals surface area contributed by atoms with Crippen LogP contribution in [-0.2, 0) is 20.9 Å². The van der Waals surface area contributed by atoms with E-state index < -0.39 is 18.5 Å². The first-order valence-electron chi connectivity index (χ1n) is 6.97. The fourth-order valence-corrected chi connectivity index (χ4v) is 2.39. The van der Waals surface area contributed by atoms with E-state index in [0.717, 1.165) is 5.56 Å². The summed E-state index contributed by atoms with van der Waals surface area (Å²) in [7, 11) is 0. The van der Waals surface area contributed by atoms with Crippen LogP contribution in [0, 0.1) is 6.92 Å². The molecule has 2 rings (SSSR count). The average Bonchev–Trinajstić information content (AvgIpc) is 2.79. The SMILES string of the molecule is Cc1nn(Cc2ccc(Cl)cc2)c(Cl)c1/C=C/C(=O)OCC(N)=O. The minimum absolute atomic E-state index is 0.390. The zero-order chi connectivity index (χ0) is 17.7. The molecule has 0 saturated carbocycles. The topological polar surface area (TPSA) is 87.2 Å². The summed E-state index contributed by atoms with van der Waals surface area (Å²) in [5, 5.41) is 5.40. The largest absolute Gasteiger partial charge is 0.452 e. The Morgan fingerprint density at radius 3 is 2.58 bits per heavy atom. The van der Waals surface area contributed by atoms with Gasteiger partial charge in [0.25, 0.3) is 5.91 Å². The lowest BCUT2D eigenvalue weighted by atomic mass is 10.2. The average molecular weight is 368 g/mol. The standard InChI is InChI=1S/C16H15Cl2N3O3/c1-10-13(6-7-15(23)24-9-14(19)22)16(18)21(20-10)8-11-2-4-12(17)5-3-11/h2-7H,8-9H2,1H3,(H2,19,22)/b7-6+. The van der Waals surface area contributed by atoms with Gasteiger partial charge in [-0.25, -0.2) is 9.48 Å². The lowest BCUT2D eigenvalue weighted by Crippen LogP contribution is -2.19. The third kappa shape index (κ3) is 4.84. The van der Waals surface area contributed by atoms with Crippen molar-refractivity contribution in [1.82, 2.24) is 9.78 Å².